The van der Waals surface area contributed by atoms with Gasteiger partial charge in [-0.15, -0.1) is 0 Å². The minimum Gasteiger partial charge on any atom is -0.374 e. The van der Waals surface area contributed by atoms with Gasteiger partial charge in [0.05, 0.1) is 34.8 Å². The molecule has 0 bridgehead atoms. The summed E-state index contributed by atoms with van der Waals surface area (Å²) in [5.74, 6) is -0.233. The van der Waals surface area contributed by atoms with Crippen molar-refractivity contribution in [1.29, 1.82) is 0 Å². The summed E-state index contributed by atoms with van der Waals surface area (Å²) in [6, 6.07) is 19.9. The van der Waals surface area contributed by atoms with E-state index in [1.165, 1.54) is 6.07 Å². The molecule has 4 nitrogen and oxygen atoms in total. The first-order valence-corrected chi connectivity index (χ1v) is 11.1. The summed E-state index contributed by atoms with van der Waals surface area (Å²) in [5, 5.41) is 2.62. The molecule has 1 heterocycles. The van der Waals surface area contributed by atoms with Gasteiger partial charge in [0.15, 0.2) is 0 Å². The monoisotopic (exact) mass is 465 g/mol. The van der Waals surface area contributed by atoms with Crippen LogP contribution in [0.4, 0.5) is 30.2 Å². The van der Waals surface area contributed by atoms with E-state index in [9.17, 15) is 18.0 Å². The average Bonchev–Trinajstić information content (AvgIpc) is 2.95. The van der Waals surface area contributed by atoms with Crippen molar-refractivity contribution >= 4 is 28.7 Å². The Kier molecular flexibility index (Phi) is 6.46. The maximum atomic E-state index is 13.9. The zero-order valence-electron chi connectivity index (χ0n) is 19.3. The first kappa shape index (κ1) is 23.5. The molecule has 7 heteroatoms. The van der Waals surface area contributed by atoms with Crippen LogP contribution in [-0.4, -0.2) is 25.2 Å². The molecule has 0 fully saturated rings. The van der Waals surface area contributed by atoms with Crippen molar-refractivity contribution in [2.75, 3.05) is 23.8 Å². The van der Waals surface area contributed by atoms with E-state index in [2.05, 4.69) is 10.3 Å². The second-order valence-electron chi connectivity index (χ2n) is 8.89. The second kappa shape index (κ2) is 9.33. The Labute approximate surface area is 197 Å². The first-order valence-electron chi connectivity index (χ1n) is 11.1. The summed E-state index contributed by atoms with van der Waals surface area (Å²) in [5.41, 5.74) is 2.87. The van der Waals surface area contributed by atoms with E-state index < -0.39 is 17.6 Å². The fourth-order valence-corrected chi connectivity index (χ4v) is 4.17. The summed E-state index contributed by atoms with van der Waals surface area (Å²) in [6.45, 7) is 4.34. The maximum Gasteiger partial charge on any atom is 0.418 e. The number of carbonyl (C=O) groups is 1. The quantitative estimate of drug-likeness (QED) is 0.444. The Bertz CT molecular complexity index is 1230. The van der Waals surface area contributed by atoms with Gasteiger partial charge in [-0.25, -0.2) is 0 Å². The molecule has 176 valence electrons. The fraction of sp³-hybridized carbons (Fsp3) is 0.259. The summed E-state index contributed by atoms with van der Waals surface area (Å²) in [4.78, 5) is 18.9. The molecule has 1 aliphatic rings. The van der Waals surface area contributed by atoms with Gasteiger partial charge in [0.1, 0.15) is 0 Å². The minimum absolute atomic E-state index is 0.0363. The normalized spacial score (nSPS) is 13.7. The highest BCUT2D eigenvalue weighted by Crippen LogP contribution is 2.43. The molecule has 1 N–H and O–H groups in total. The Morgan fingerprint density at radius 2 is 1.65 bits per heavy atom. The lowest BCUT2D eigenvalue weighted by Crippen LogP contribution is -2.25. The molecule has 0 atom stereocenters. The summed E-state index contributed by atoms with van der Waals surface area (Å²) >= 11 is 0. The summed E-state index contributed by atoms with van der Waals surface area (Å²) in [6.07, 6.45) is -4.60. The maximum absolute atomic E-state index is 13.9. The van der Waals surface area contributed by atoms with Crippen LogP contribution in [0.15, 0.2) is 71.7 Å². The van der Waals surface area contributed by atoms with E-state index in [-0.39, 0.29) is 23.7 Å². The van der Waals surface area contributed by atoms with Gasteiger partial charge in [-0.1, -0.05) is 62.4 Å². The van der Waals surface area contributed by atoms with Crippen molar-refractivity contribution in [3.05, 3.63) is 77.9 Å². The molecule has 0 radical (unpaired) electrons. The third-order valence-corrected chi connectivity index (χ3v) is 5.63. The molecule has 0 spiro atoms. The predicted octanol–water partition coefficient (Wildman–Crippen LogP) is 6.93. The van der Waals surface area contributed by atoms with Crippen molar-refractivity contribution in [2.24, 2.45) is 10.9 Å². The fourth-order valence-electron chi connectivity index (χ4n) is 4.17. The molecule has 3 aromatic rings. The number of hydrogen-bond donors (Lipinski definition) is 1. The van der Waals surface area contributed by atoms with Crippen LogP contribution in [0.5, 0.6) is 0 Å². The topological polar surface area (TPSA) is 44.7 Å². The molecule has 0 saturated carbocycles. The number of aliphatic imine (C=N–C) groups is 1. The predicted molar refractivity (Wildman–Crippen MR) is 131 cm³/mol. The van der Waals surface area contributed by atoms with Crippen LogP contribution in [0, 0.1) is 5.92 Å². The zero-order valence-corrected chi connectivity index (χ0v) is 19.3. The minimum atomic E-state index is -4.57. The number of anilines is 2. The van der Waals surface area contributed by atoms with E-state index >= 15 is 0 Å². The van der Waals surface area contributed by atoms with Crippen LogP contribution in [-0.2, 0) is 11.0 Å². The van der Waals surface area contributed by atoms with Crippen LogP contribution in [0.1, 0.15) is 31.4 Å². The van der Waals surface area contributed by atoms with E-state index in [0.717, 1.165) is 22.8 Å². The van der Waals surface area contributed by atoms with Crippen LogP contribution in [0.2, 0.25) is 0 Å². The molecule has 34 heavy (non-hydrogen) atoms. The van der Waals surface area contributed by atoms with Gasteiger partial charge in [-0.2, -0.15) is 13.2 Å². The lowest BCUT2D eigenvalue weighted by Gasteiger charge is -2.26. The highest BCUT2D eigenvalue weighted by molar-refractivity contribution is 6.17. The molecule has 3 aromatic carbocycles. The zero-order chi connectivity index (χ0) is 24.5. The number of halogens is 3. The number of hydrogen-bond acceptors (Lipinski definition) is 3. The molecule has 0 unspecified atom stereocenters. The van der Waals surface area contributed by atoms with E-state index in [1.54, 1.807) is 11.9 Å². The van der Waals surface area contributed by atoms with Crippen LogP contribution in [0.3, 0.4) is 0 Å². The first-order chi connectivity index (χ1) is 16.1. The number of carbonyl (C=O) groups excluding carboxylic acids is 1. The molecule has 0 aromatic heterocycles. The smallest absolute Gasteiger partial charge is 0.374 e. The van der Waals surface area contributed by atoms with E-state index in [1.807, 2.05) is 68.4 Å². The van der Waals surface area contributed by atoms with Crippen molar-refractivity contribution in [1.82, 2.24) is 0 Å². The number of fused-ring (bicyclic) bond motifs is 1. The number of rotatable bonds is 5. The van der Waals surface area contributed by atoms with Crippen molar-refractivity contribution in [3.8, 4) is 11.1 Å². The number of amides is 1. The van der Waals surface area contributed by atoms with Crippen molar-refractivity contribution < 1.29 is 18.0 Å². The third kappa shape index (κ3) is 5.14. The lowest BCUT2D eigenvalue weighted by molar-refractivity contribution is -0.137. The van der Waals surface area contributed by atoms with Gasteiger partial charge in [-0.3, -0.25) is 9.79 Å². The lowest BCUT2D eigenvalue weighted by atomic mass is 9.99. The molecular weight excluding hydrogens is 439 g/mol. The van der Waals surface area contributed by atoms with E-state index in [4.69, 9.17) is 0 Å². The molecule has 0 saturated heterocycles. The van der Waals surface area contributed by atoms with Crippen molar-refractivity contribution in [3.63, 3.8) is 0 Å². The summed E-state index contributed by atoms with van der Waals surface area (Å²) in [7, 11) is 1.64. The Balaban J connectivity index is 1.83. The molecular formula is C27H26F3N3O. The van der Waals surface area contributed by atoms with Crippen LogP contribution < -0.4 is 10.2 Å². The molecule has 0 aliphatic carbocycles. The highest BCUT2D eigenvalue weighted by atomic mass is 19.4. The Morgan fingerprint density at radius 3 is 2.32 bits per heavy atom. The van der Waals surface area contributed by atoms with Gasteiger partial charge in [0, 0.05) is 13.6 Å². The highest BCUT2D eigenvalue weighted by Gasteiger charge is 2.36. The Hall–Kier alpha value is -3.61. The SMILES string of the molecule is CC(C)CN(C)c1cc2c(cc1C(F)(F)F)NC(=O)CC(c1cccc(-c3ccccc3)c1)=N2. The van der Waals surface area contributed by atoms with Crippen LogP contribution >= 0.6 is 0 Å². The van der Waals surface area contributed by atoms with Gasteiger partial charge in [0.25, 0.3) is 0 Å². The van der Waals surface area contributed by atoms with Gasteiger partial charge >= 0.3 is 6.18 Å². The second-order valence-corrected chi connectivity index (χ2v) is 8.89. The number of alkyl halides is 3. The Morgan fingerprint density at radius 1 is 0.971 bits per heavy atom. The standard InChI is InChI=1S/C27H26F3N3O/c1-17(2)16-33(3)25-14-24-23(13-21(25)27(28,29)30)32-26(34)15-22(31-24)20-11-7-10-19(12-20)18-8-5-4-6-9-18/h4-14,17H,15-16H2,1-3H3,(H,32,34). The van der Waals surface area contributed by atoms with E-state index in [0.29, 0.717) is 17.9 Å². The van der Waals surface area contributed by atoms with Gasteiger partial charge in [-0.05, 0) is 40.8 Å². The average molecular weight is 466 g/mol. The molecule has 1 amide bonds. The number of nitrogens with zero attached hydrogens (tertiary/aromatic N) is 2. The number of benzene rings is 3. The third-order valence-electron chi connectivity index (χ3n) is 5.63. The van der Waals surface area contributed by atoms with Crippen LogP contribution in [0.25, 0.3) is 11.1 Å². The molecule has 4 rings (SSSR count). The van der Waals surface area contributed by atoms with Gasteiger partial charge in [0.2, 0.25) is 5.91 Å². The molecule has 1 aliphatic heterocycles. The summed E-state index contributed by atoms with van der Waals surface area (Å²) < 4.78 is 41.7. The largest absolute Gasteiger partial charge is 0.418 e. The number of nitrogens with one attached hydrogen (secondary N) is 1. The van der Waals surface area contributed by atoms with Gasteiger partial charge < -0.3 is 10.2 Å². The van der Waals surface area contributed by atoms with Crippen molar-refractivity contribution in [2.45, 2.75) is 26.4 Å².